The number of ether oxygens (including phenoxy) is 1. The fourth-order valence-electron chi connectivity index (χ4n) is 3.75. The van der Waals surface area contributed by atoms with E-state index in [2.05, 4.69) is 9.88 Å². The van der Waals surface area contributed by atoms with E-state index in [9.17, 15) is 4.79 Å². The zero-order chi connectivity index (χ0) is 17.2. The van der Waals surface area contributed by atoms with Crippen LogP contribution in [-0.2, 0) is 11.3 Å². The third kappa shape index (κ3) is 3.45. The Kier molecular flexibility index (Phi) is 4.55. The van der Waals surface area contributed by atoms with E-state index in [-0.39, 0.29) is 18.1 Å². The molecule has 2 aliphatic rings. The van der Waals surface area contributed by atoms with Gasteiger partial charge in [-0.05, 0) is 43.2 Å². The number of amides is 1. The molecule has 1 amide bonds. The second-order valence-corrected chi connectivity index (χ2v) is 6.75. The third-order valence-electron chi connectivity index (χ3n) is 5.07. The number of pyridine rings is 1. The predicted molar refractivity (Wildman–Crippen MR) is 92.1 cm³/mol. The smallest absolute Gasteiger partial charge is 0.289 e. The van der Waals surface area contributed by atoms with Crippen molar-refractivity contribution in [2.45, 2.75) is 32.0 Å². The molecule has 0 unspecified atom stereocenters. The van der Waals surface area contributed by atoms with Crippen LogP contribution in [0.1, 0.15) is 28.3 Å². The number of carbonyl (C=O) groups excluding carboxylic acids is 1. The number of carbonyl (C=O) groups is 1. The van der Waals surface area contributed by atoms with Crippen LogP contribution in [0.3, 0.4) is 0 Å². The number of hydrogen-bond donors (Lipinski definition) is 0. The standard InChI is InChI=1S/C19H23N3O3/c1-14-2-3-18(25-14)19(23)22-9-6-17-16(13-22)21(10-11-24-17)12-15-4-7-20-8-5-15/h2-5,7-8,16-17H,6,9-13H2,1H3/t16-,17-/m1/s1. The Hall–Kier alpha value is -2.18. The van der Waals surface area contributed by atoms with Gasteiger partial charge in [0.15, 0.2) is 5.76 Å². The van der Waals surface area contributed by atoms with Crippen molar-refractivity contribution in [2.24, 2.45) is 0 Å². The largest absolute Gasteiger partial charge is 0.456 e. The molecule has 2 atom stereocenters. The van der Waals surface area contributed by atoms with Gasteiger partial charge in [0.1, 0.15) is 5.76 Å². The van der Waals surface area contributed by atoms with E-state index in [1.165, 1.54) is 5.56 Å². The van der Waals surface area contributed by atoms with Gasteiger partial charge >= 0.3 is 0 Å². The molecule has 6 heteroatoms. The molecule has 0 aromatic carbocycles. The second kappa shape index (κ2) is 6.98. The number of morpholine rings is 1. The number of nitrogens with zero attached hydrogens (tertiary/aromatic N) is 3. The van der Waals surface area contributed by atoms with Gasteiger partial charge in [-0.1, -0.05) is 0 Å². The highest BCUT2D eigenvalue weighted by Gasteiger charge is 2.39. The number of piperidine rings is 1. The molecule has 0 spiro atoms. The Morgan fingerprint density at radius 2 is 2.08 bits per heavy atom. The summed E-state index contributed by atoms with van der Waals surface area (Å²) < 4.78 is 11.5. The highest BCUT2D eigenvalue weighted by atomic mass is 16.5. The van der Waals surface area contributed by atoms with Gasteiger partial charge in [0.2, 0.25) is 0 Å². The van der Waals surface area contributed by atoms with Crippen molar-refractivity contribution >= 4 is 5.91 Å². The summed E-state index contributed by atoms with van der Waals surface area (Å²) in [5, 5.41) is 0. The van der Waals surface area contributed by atoms with Gasteiger partial charge in [0.25, 0.3) is 5.91 Å². The summed E-state index contributed by atoms with van der Waals surface area (Å²) in [7, 11) is 0. The molecule has 4 rings (SSSR count). The van der Waals surface area contributed by atoms with Crippen LogP contribution in [0.2, 0.25) is 0 Å². The summed E-state index contributed by atoms with van der Waals surface area (Å²) in [6.45, 7) is 5.73. The Morgan fingerprint density at radius 1 is 1.24 bits per heavy atom. The van der Waals surface area contributed by atoms with Crippen molar-refractivity contribution < 1.29 is 13.9 Å². The highest BCUT2D eigenvalue weighted by molar-refractivity contribution is 5.91. The lowest BCUT2D eigenvalue weighted by atomic mass is 9.98. The Balaban J connectivity index is 1.48. The number of hydrogen-bond acceptors (Lipinski definition) is 5. The monoisotopic (exact) mass is 341 g/mol. The Morgan fingerprint density at radius 3 is 2.84 bits per heavy atom. The first-order valence-electron chi connectivity index (χ1n) is 8.81. The molecule has 6 nitrogen and oxygen atoms in total. The molecule has 132 valence electrons. The number of aromatic nitrogens is 1. The number of rotatable bonds is 3. The Labute approximate surface area is 147 Å². The fourth-order valence-corrected chi connectivity index (χ4v) is 3.75. The maximum atomic E-state index is 12.7. The molecule has 2 aromatic heterocycles. The lowest BCUT2D eigenvalue weighted by Gasteiger charge is -2.47. The summed E-state index contributed by atoms with van der Waals surface area (Å²) in [6, 6.07) is 7.90. The van der Waals surface area contributed by atoms with Gasteiger partial charge in [-0.15, -0.1) is 0 Å². The third-order valence-corrected chi connectivity index (χ3v) is 5.07. The van der Waals surface area contributed by atoms with Crippen molar-refractivity contribution in [3.8, 4) is 0 Å². The molecule has 0 radical (unpaired) electrons. The summed E-state index contributed by atoms with van der Waals surface area (Å²) in [4.78, 5) is 21.1. The number of likely N-dealkylation sites (tertiary alicyclic amines) is 1. The molecular weight excluding hydrogens is 318 g/mol. The average molecular weight is 341 g/mol. The van der Waals surface area contributed by atoms with Crippen molar-refractivity contribution in [2.75, 3.05) is 26.2 Å². The van der Waals surface area contributed by atoms with Crippen molar-refractivity contribution in [3.05, 3.63) is 53.7 Å². The molecular formula is C19H23N3O3. The molecule has 2 saturated heterocycles. The lowest BCUT2D eigenvalue weighted by Crippen LogP contribution is -2.60. The van der Waals surface area contributed by atoms with Crippen LogP contribution in [0.4, 0.5) is 0 Å². The molecule has 0 N–H and O–H groups in total. The maximum absolute atomic E-state index is 12.7. The second-order valence-electron chi connectivity index (χ2n) is 6.75. The quantitative estimate of drug-likeness (QED) is 0.856. The molecule has 2 aliphatic heterocycles. The summed E-state index contributed by atoms with van der Waals surface area (Å²) in [6.07, 6.45) is 4.70. The summed E-state index contributed by atoms with van der Waals surface area (Å²) in [5.74, 6) is 1.16. The van der Waals surface area contributed by atoms with E-state index in [1.54, 1.807) is 6.07 Å². The summed E-state index contributed by atoms with van der Waals surface area (Å²) in [5.41, 5.74) is 1.24. The van der Waals surface area contributed by atoms with Gasteiger partial charge in [-0.2, -0.15) is 0 Å². The van der Waals surface area contributed by atoms with Gasteiger partial charge in [0, 0.05) is 38.6 Å². The molecule has 25 heavy (non-hydrogen) atoms. The molecule has 4 heterocycles. The first-order chi connectivity index (χ1) is 12.2. The number of aryl methyl sites for hydroxylation is 1. The predicted octanol–water partition coefficient (Wildman–Crippen LogP) is 2.10. The minimum Gasteiger partial charge on any atom is -0.456 e. The van der Waals surface area contributed by atoms with E-state index >= 15 is 0 Å². The molecule has 0 aliphatic carbocycles. The average Bonchev–Trinajstić information content (AvgIpc) is 3.08. The zero-order valence-electron chi connectivity index (χ0n) is 14.4. The van der Waals surface area contributed by atoms with Crippen LogP contribution < -0.4 is 0 Å². The minimum atomic E-state index is -0.0269. The van der Waals surface area contributed by atoms with E-state index in [1.807, 2.05) is 42.4 Å². The van der Waals surface area contributed by atoms with E-state index < -0.39 is 0 Å². The van der Waals surface area contributed by atoms with Crippen LogP contribution in [0, 0.1) is 6.92 Å². The lowest BCUT2D eigenvalue weighted by molar-refractivity contribution is -0.101. The van der Waals surface area contributed by atoms with Crippen LogP contribution >= 0.6 is 0 Å². The maximum Gasteiger partial charge on any atom is 0.289 e. The van der Waals surface area contributed by atoms with E-state index in [4.69, 9.17) is 9.15 Å². The first-order valence-corrected chi connectivity index (χ1v) is 8.81. The van der Waals surface area contributed by atoms with Crippen LogP contribution in [0.5, 0.6) is 0 Å². The van der Waals surface area contributed by atoms with Crippen LogP contribution in [0.25, 0.3) is 0 Å². The Bertz CT molecular complexity index is 731. The highest BCUT2D eigenvalue weighted by Crippen LogP contribution is 2.26. The molecule has 2 fully saturated rings. The first kappa shape index (κ1) is 16.3. The molecule has 2 aromatic rings. The van der Waals surface area contributed by atoms with Crippen molar-refractivity contribution in [1.29, 1.82) is 0 Å². The van der Waals surface area contributed by atoms with E-state index in [0.29, 0.717) is 18.8 Å². The SMILES string of the molecule is Cc1ccc(C(=O)N2CC[C@H]3OCCN(Cc4ccncc4)[C@@H]3C2)o1. The normalized spacial score (nSPS) is 24.1. The summed E-state index contributed by atoms with van der Waals surface area (Å²) >= 11 is 0. The zero-order valence-corrected chi connectivity index (χ0v) is 14.4. The van der Waals surface area contributed by atoms with Crippen molar-refractivity contribution in [3.63, 3.8) is 0 Å². The van der Waals surface area contributed by atoms with Crippen molar-refractivity contribution in [1.82, 2.24) is 14.8 Å². The van der Waals surface area contributed by atoms with Gasteiger partial charge in [-0.3, -0.25) is 14.7 Å². The molecule has 0 saturated carbocycles. The van der Waals surface area contributed by atoms with Gasteiger partial charge < -0.3 is 14.1 Å². The fraction of sp³-hybridized carbons (Fsp3) is 0.474. The number of furan rings is 1. The topological polar surface area (TPSA) is 58.8 Å². The molecule has 0 bridgehead atoms. The minimum absolute atomic E-state index is 0.0269. The van der Waals surface area contributed by atoms with Crippen LogP contribution in [-0.4, -0.2) is 59.1 Å². The number of fused-ring (bicyclic) bond motifs is 1. The van der Waals surface area contributed by atoms with E-state index in [0.717, 1.165) is 31.9 Å². The van der Waals surface area contributed by atoms with Gasteiger partial charge in [-0.25, -0.2) is 0 Å². The van der Waals surface area contributed by atoms with Crippen LogP contribution in [0.15, 0.2) is 41.1 Å². The van der Waals surface area contributed by atoms with Gasteiger partial charge in [0.05, 0.1) is 18.8 Å².